The van der Waals surface area contributed by atoms with Crippen molar-refractivity contribution in [2.24, 2.45) is 0 Å². The molecule has 0 atom stereocenters. The predicted molar refractivity (Wildman–Crippen MR) is 131 cm³/mol. The Bertz CT molecular complexity index is 1110. The first-order chi connectivity index (χ1) is 16.2. The number of ether oxygens (including phenoxy) is 3. The fourth-order valence-corrected chi connectivity index (χ4v) is 4.29. The molecule has 2 aromatic carbocycles. The minimum atomic E-state index is -0.693. The van der Waals surface area contributed by atoms with Gasteiger partial charge in [-0.1, -0.05) is 30.3 Å². The van der Waals surface area contributed by atoms with Crippen molar-refractivity contribution in [3.8, 4) is 5.75 Å². The Morgan fingerprint density at radius 1 is 1.09 bits per heavy atom. The number of carbonyl (C=O) groups excluding carboxylic acids is 1. The first kappa shape index (κ1) is 24.0. The summed E-state index contributed by atoms with van der Waals surface area (Å²) in [4.78, 5) is 15.6. The molecule has 4 rings (SSSR count). The zero-order valence-corrected chi connectivity index (χ0v) is 20.3. The van der Waals surface area contributed by atoms with Crippen molar-refractivity contribution < 1.29 is 23.7 Å². The van der Waals surface area contributed by atoms with Gasteiger partial charge in [0.05, 0.1) is 18.8 Å². The molecule has 1 aliphatic carbocycles. The summed E-state index contributed by atoms with van der Waals surface area (Å²) in [5.74, 6) is 0.138. The lowest BCUT2D eigenvalue weighted by molar-refractivity contribution is -0.421. The molecule has 0 radical (unpaired) electrons. The number of hydrogen-bond donors (Lipinski definition) is 0. The van der Waals surface area contributed by atoms with Gasteiger partial charge >= 0.3 is 5.97 Å². The molecule has 0 aromatic heterocycles. The zero-order chi connectivity index (χ0) is 24.3. The second kappa shape index (κ2) is 9.99. The Morgan fingerprint density at radius 2 is 1.79 bits per heavy atom. The van der Waals surface area contributed by atoms with Gasteiger partial charge < -0.3 is 19.4 Å². The molecular weight excluding hydrogens is 432 g/mol. The van der Waals surface area contributed by atoms with Crippen LogP contribution in [0, 0.1) is 5.21 Å². The van der Waals surface area contributed by atoms with E-state index in [0.717, 1.165) is 48.7 Å². The number of rotatable bonds is 6. The molecule has 7 heteroatoms. The summed E-state index contributed by atoms with van der Waals surface area (Å²) in [5, 5.41) is 12.8. The SMILES string of the molecule is C/[N+]([O-])=C1\C(C(=O)OC(C)(C)C)=C(c2ccccc2)c2ccc(OCCN3CCOCC3)cc21. The van der Waals surface area contributed by atoms with E-state index in [1.807, 2.05) is 69.3 Å². The summed E-state index contributed by atoms with van der Waals surface area (Å²) < 4.78 is 17.9. The van der Waals surface area contributed by atoms with Crippen molar-refractivity contribution in [2.75, 3.05) is 46.5 Å². The van der Waals surface area contributed by atoms with Gasteiger partial charge in [0, 0.05) is 25.2 Å². The van der Waals surface area contributed by atoms with E-state index in [0.29, 0.717) is 29.2 Å². The van der Waals surface area contributed by atoms with Crippen molar-refractivity contribution in [3.63, 3.8) is 0 Å². The molecule has 0 saturated carbocycles. The van der Waals surface area contributed by atoms with Crippen molar-refractivity contribution in [3.05, 3.63) is 76.0 Å². The van der Waals surface area contributed by atoms with E-state index in [4.69, 9.17) is 14.2 Å². The molecule has 2 aromatic rings. The Balaban J connectivity index is 1.69. The van der Waals surface area contributed by atoms with Gasteiger partial charge in [-0.05, 0) is 50.1 Å². The molecule has 34 heavy (non-hydrogen) atoms. The largest absolute Gasteiger partial charge is 0.624 e. The third kappa shape index (κ3) is 5.32. The maximum absolute atomic E-state index is 13.3. The maximum Gasteiger partial charge on any atom is 0.346 e. The highest BCUT2D eigenvalue weighted by atomic mass is 16.6. The van der Waals surface area contributed by atoms with Gasteiger partial charge in [-0.15, -0.1) is 0 Å². The molecule has 7 nitrogen and oxygen atoms in total. The van der Waals surface area contributed by atoms with Gasteiger partial charge in [0.2, 0.25) is 5.71 Å². The molecule has 0 amide bonds. The molecule has 0 N–H and O–H groups in total. The number of carbonyl (C=O) groups is 1. The van der Waals surface area contributed by atoms with Gasteiger partial charge in [-0.25, -0.2) is 9.53 Å². The number of hydrogen-bond acceptors (Lipinski definition) is 6. The third-order valence-electron chi connectivity index (χ3n) is 5.76. The number of nitrogens with zero attached hydrogens (tertiary/aromatic N) is 2. The molecule has 1 heterocycles. The Labute approximate surface area is 200 Å². The standard InChI is InChI=1S/C27H32N2O5/c1-27(2,3)34-26(30)24-23(19-8-6-5-7-9-19)21-11-10-20(18-22(21)25(24)28(4)31)33-17-14-29-12-15-32-16-13-29/h5-11,18H,12-17H2,1-4H3/b28-25+. The van der Waals surface area contributed by atoms with Crippen LogP contribution in [-0.4, -0.2) is 73.4 Å². The normalized spacial score (nSPS) is 18.0. The van der Waals surface area contributed by atoms with Crippen LogP contribution in [0.15, 0.2) is 54.1 Å². The van der Waals surface area contributed by atoms with Crippen molar-refractivity contribution in [1.29, 1.82) is 0 Å². The third-order valence-corrected chi connectivity index (χ3v) is 5.76. The molecule has 2 aliphatic rings. The lowest BCUT2D eigenvalue weighted by atomic mass is 9.97. The summed E-state index contributed by atoms with van der Waals surface area (Å²) in [5.41, 5.74) is 2.90. The van der Waals surface area contributed by atoms with Crippen LogP contribution in [0.1, 0.15) is 37.5 Å². The van der Waals surface area contributed by atoms with Crippen LogP contribution >= 0.6 is 0 Å². The monoisotopic (exact) mass is 464 g/mol. The average Bonchev–Trinajstić information content (AvgIpc) is 3.14. The van der Waals surface area contributed by atoms with E-state index in [2.05, 4.69) is 4.90 Å². The molecule has 1 saturated heterocycles. The van der Waals surface area contributed by atoms with Gasteiger partial charge in [-0.3, -0.25) is 4.90 Å². The molecule has 0 bridgehead atoms. The van der Waals surface area contributed by atoms with Gasteiger partial charge in [-0.2, -0.15) is 0 Å². The molecule has 0 unspecified atom stereocenters. The Hall–Kier alpha value is -3.16. The minimum Gasteiger partial charge on any atom is -0.624 e. The van der Waals surface area contributed by atoms with Crippen LogP contribution in [0.2, 0.25) is 0 Å². The Kier molecular flexibility index (Phi) is 7.05. The fourth-order valence-electron chi connectivity index (χ4n) is 4.29. The van der Waals surface area contributed by atoms with E-state index in [1.165, 1.54) is 7.05 Å². The first-order valence-electron chi connectivity index (χ1n) is 11.6. The molecule has 0 spiro atoms. The summed E-state index contributed by atoms with van der Waals surface area (Å²) in [7, 11) is 1.41. The van der Waals surface area contributed by atoms with Gasteiger partial charge in [0.25, 0.3) is 0 Å². The topological polar surface area (TPSA) is 74.1 Å². The maximum atomic E-state index is 13.3. The van der Waals surface area contributed by atoms with Crippen molar-refractivity contribution >= 4 is 17.3 Å². The minimum absolute atomic E-state index is 0.277. The van der Waals surface area contributed by atoms with E-state index in [-0.39, 0.29) is 5.57 Å². The number of hydroxylamine groups is 1. The van der Waals surface area contributed by atoms with Crippen LogP contribution in [-0.2, 0) is 14.3 Å². The number of esters is 1. The zero-order valence-electron chi connectivity index (χ0n) is 20.3. The summed E-state index contributed by atoms with van der Waals surface area (Å²) >= 11 is 0. The lowest BCUT2D eigenvalue weighted by Crippen LogP contribution is -2.38. The van der Waals surface area contributed by atoms with Gasteiger partial charge in [0.15, 0.2) is 0 Å². The van der Waals surface area contributed by atoms with Crippen LogP contribution in [0.5, 0.6) is 5.75 Å². The van der Waals surface area contributed by atoms with E-state index < -0.39 is 11.6 Å². The summed E-state index contributed by atoms with van der Waals surface area (Å²) in [6, 6.07) is 15.3. The van der Waals surface area contributed by atoms with E-state index in [1.54, 1.807) is 0 Å². The number of fused-ring (bicyclic) bond motifs is 1. The van der Waals surface area contributed by atoms with Crippen LogP contribution in [0.3, 0.4) is 0 Å². The second-order valence-electron chi connectivity index (χ2n) is 9.47. The van der Waals surface area contributed by atoms with Crippen LogP contribution in [0.25, 0.3) is 5.57 Å². The number of benzene rings is 2. The van der Waals surface area contributed by atoms with Crippen molar-refractivity contribution in [2.45, 2.75) is 26.4 Å². The van der Waals surface area contributed by atoms with E-state index in [9.17, 15) is 10.0 Å². The average molecular weight is 465 g/mol. The molecule has 1 fully saturated rings. The first-order valence-corrected chi connectivity index (χ1v) is 11.6. The highest BCUT2D eigenvalue weighted by Gasteiger charge is 2.40. The number of morpholine rings is 1. The second-order valence-corrected chi connectivity index (χ2v) is 9.47. The Morgan fingerprint density at radius 3 is 2.44 bits per heavy atom. The van der Waals surface area contributed by atoms with E-state index >= 15 is 0 Å². The molecule has 1 aliphatic heterocycles. The summed E-state index contributed by atoms with van der Waals surface area (Å²) in [6.07, 6.45) is 0. The smallest absolute Gasteiger partial charge is 0.346 e. The summed E-state index contributed by atoms with van der Waals surface area (Å²) in [6.45, 7) is 10.1. The highest BCUT2D eigenvalue weighted by molar-refractivity contribution is 6.35. The predicted octanol–water partition coefficient (Wildman–Crippen LogP) is 3.48. The molecule has 180 valence electrons. The lowest BCUT2D eigenvalue weighted by Gasteiger charge is -2.26. The van der Waals surface area contributed by atoms with Gasteiger partial charge in [0.1, 0.15) is 30.6 Å². The fraction of sp³-hybridized carbons (Fsp3) is 0.407. The van der Waals surface area contributed by atoms with Crippen LogP contribution < -0.4 is 4.74 Å². The quantitative estimate of drug-likeness (QED) is 0.282. The van der Waals surface area contributed by atoms with Crippen molar-refractivity contribution in [1.82, 2.24) is 4.90 Å². The molecular formula is C27H32N2O5. The highest BCUT2D eigenvalue weighted by Crippen LogP contribution is 2.40. The van der Waals surface area contributed by atoms with Crippen LogP contribution in [0.4, 0.5) is 0 Å².